The fourth-order valence-electron chi connectivity index (χ4n) is 1.89. The second kappa shape index (κ2) is 5.89. The van der Waals surface area contributed by atoms with E-state index in [0.29, 0.717) is 11.3 Å². The Morgan fingerprint density at radius 2 is 1.95 bits per heavy atom. The number of nitrogens with one attached hydrogen (secondary N) is 1. The van der Waals surface area contributed by atoms with E-state index in [-0.39, 0.29) is 11.9 Å². The number of rotatable bonds is 3. The molecule has 0 heterocycles. The van der Waals surface area contributed by atoms with Crippen LogP contribution in [0.25, 0.3) is 0 Å². The maximum absolute atomic E-state index is 12.1. The van der Waals surface area contributed by atoms with Gasteiger partial charge in [0, 0.05) is 15.7 Å². The van der Waals surface area contributed by atoms with Crippen molar-refractivity contribution in [3.63, 3.8) is 0 Å². The topological polar surface area (TPSA) is 55.1 Å². The van der Waals surface area contributed by atoms with Crippen molar-refractivity contribution >= 4 is 27.5 Å². The van der Waals surface area contributed by atoms with Gasteiger partial charge in [-0.15, -0.1) is 0 Å². The first-order valence-electron chi connectivity index (χ1n) is 5.99. The number of nitrogens with two attached hydrogens (primary N) is 1. The van der Waals surface area contributed by atoms with Gasteiger partial charge in [-0.3, -0.25) is 4.79 Å². The number of hydrogen-bond donors (Lipinski definition) is 2. The average molecular weight is 319 g/mol. The molecule has 0 aromatic heterocycles. The molecule has 1 unspecified atom stereocenters. The highest BCUT2D eigenvalue weighted by molar-refractivity contribution is 9.10. The maximum Gasteiger partial charge on any atom is 0.251 e. The van der Waals surface area contributed by atoms with Gasteiger partial charge in [-0.05, 0) is 36.8 Å². The van der Waals surface area contributed by atoms with Crippen LogP contribution in [-0.2, 0) is 0 Å². The lowest BCUT2D eigenvalue weighted by Crippen LogP contribution is -2.27. The van der Waals surface area contributed by atoms with E-state index in [9.17, 15) is 4.79 Å². The molecular formula is C15H15BrN2O. The van der Waals surface area contributed by atoms with E-state index in [1.807, 2.05) is 43.3 Å². The largest absolute Gasteiger partial charge is 0.398 e. The third-order valence-corrected chi connectivity index (χ3v) is 3.39. The third kappa shape index (κ3) is 3.35. The van der Waals surface area contributed by atoms with E-state index in [0.717, 1.165) is 10.0 Å². The molecule has 3 nitrogen and oxygen atoms in total. The Morgan fingerprint density at radius 3 is 2.63 bits per heavy atom. The zero-order chi connectivity index (χ0) is 13.8. The first-order chi connectivity index (χ1) is 9.08. The summed E-state index contributed by atoms with van der Waals surface area (Å²) in [5.74, 6) is -0.114. The Kier molecular flexibility index (Phi) is 4.22. The van der Waals surface area contributed by atoms with Crippen LogP contribution in [0, 0.1) is 0 Å². The van der Waals surface area contributed by atoms with E-state index >= 15 is 0 Å². The lowest BCUT2D eigenvalue weighted by molar-refractivity contribution is 0.0940. The summed E-state index contributed by atoms with van der Waals surface area (Å²) in [5, 5.41) is 2.94. The number of para-hydroxylation sites is 1. The Morgan fingerprint density at radius 1 is 1.21 bits per heavy atom. The van der Waals surface area contributed by atoms with Crippen molar-refractivity contribution in [1.29, 1.82) is 0 Å². The van der Waals surface area contributed by atoms with Crippen LogP contribution >= 0.6 is 15.9 Å². The lowest BCUT2D eigenvalue weighted by atomic mass is 10.1. The molecule has 0 aliphatic heterocycles. The van der Waals surface area contributed by atoms with Crippen LogP contribution < -0.4 is 11.1 Å². The summed E-state index contributed by atoms with van der Waals surface area (Å²) in [4.78, 5) is 12.1. The molecule has 4 heteroatoms. The fraction of sp³-hybridized carbons (Fsp3) is 0.133. The molecule has 0 spiro atoms. The van der Waals surface area contributed by atoms with Gasteiger partial charge < -0.3 is 11.1 Å². The third-order valence-electron chi connectivity index (χ3n) is 2.90. The number of hydrogen-bond acceptors (Lipinski definition) is 2. The molecule has 98 valence electrons. The Balaban J connectivity index is 2.13. The van der Waals surface area contributed by atoms with E-state index < -0.39 is 0 Å². The molecule has 3 N–H and O–H groups in total. The van der Waals surface area contributed by atoms with Gasteiger partial charge in [0.15, 0.2) is 0 Å². The highest BCUT2D eigenvalue weighted by Gasteiger charge is 2.13. The molecule has 0 aliphatic rings. The van der Waals surface area contributed by atoms with Crippen molar-refractivity contribution in [3.05, 3.63) is 64.1 Å². The van der Waals surface area contributed by atoms with E-state index in [1.54, 1.807) is 12.1 Å². The number of carbonyl (C=O) groups is 1. The van der Waals surface area contributed by atoms with Crippen LogP contribution in [0.5, 0.6) is 0 Å². The van der Waals surface area contributed by atoms with Gasteiger partial charge in [0.1, 0.15) is 0 Å². The highest BCUT2D eigenvalue weighted by Crippen LogP contribution is 2.20. The second-order valence-electron chi connectivity index (χ2n) is 4.33. The molecule has 0 fully saturated rings. The van der Waals surface area contributed by atoms with Gasteiger partial charge in [-0.1, -0.05) is 40.2 Å². The van der Waals surface area contributed by atoms with Crippen molar-refractivity contribution in [2.24, 2.45) is 0 Å². The van der Waals surface area contributed by atoms with E-state index in [2.05, 4.69) is 21.2 Å². The van der Waals surface area contributed by atoms with Crippen LogP contribution in [-0.4, -0.2) is 5.91 Å². The molecule has 1 amide bonds. The second-order valence-corrected chi connectivity index (χ2v) is 5.25. The number of anilines is 1. The minimum Gasteiger partial charge on any atom is -0.398 e. The first-order valence-corrected chi connectivity index (χ1v) is 6.78. The SMILES string of the molecule is CC(NC(=O)c1cccc(Br)c1)c1ccccc1N. The smallest absolute Gasteiger partial charge is 0.251 e. The van der Waals surface area contributed by atoms with E-state index in [4.69, 9.17) is 5.73 Å². The number of halogens is 1. The molecule has 0 bridgehead atoms. The summed E-state index contributed by atoms with van der Waals surface area (Å²) in [7, 11) is 0. The first kappa shape index (κ1) is 13.6. The van der Waals surface area contributed by atoms with Crippen LogP contribution in [0.4, 0.5) is 5.69 Å². The standard InChI is InChI=1S/C15H15BrN2O/c1-10(13-7-2-3-8-14(13)17)18-15(19)11-5-4-6-12(16)9-11/h2-10H,17H2,1H3,(H,18,19). The normalized spacial score (nSPS) is 11.9. The van der Waals surface area contributed by atoms with Crippen molar-refractivity contribution in [3.8, 4) is 0 Å². The van der Waals surface area contributed by atoms with Gasteiger partial charge >= 0.3 is 0 Å². The molecule has 0 saturated carbocycles. The summed E-state index contributed by atoms with van der Waals surface area (Å²) in [6.07, 6.45) is 0. The predicted molar refractivity (Wildman–Crippen MR) is 80.9 cm³/mol. The van der Waals surface area contributed by atoms with Gasteiger partial charge in [0.25, 0.3) is 5.91 Å². The number of nitrogen functional groups attached to an aromatic ring is 1. The van der Waals surface area contributed by atoms with Gasteiger partial charge in [-0.2, -0.15) is 0 Å². The molecule has 2 aromatic carbocycles. The maximum atomic E-state index is 12.1. The van der Waals surface area contributed by atoms with Crippen molar-refractivity contribution in [1.82, 2.24) is 5.32 Å². The molecule has 0 saturated heterocycles. The quantitative estimate of drug-likeness (QED) is 0.851. The zero-order valence-corrected chi connectivity index (χ0v) is 12.1. The van der Waals surface area contributed by atoms with E-state index in [1.165, 1.54) is 0 Å². The average Bonchev–Trinajstić information content (AvgIpc) is 2.39. The lowest BCUT2D eigenvalue weighted by Gasteiger charge is -2.16. The van der Waals surface area contributed by atoms with Crippen LogP contribution in [0.2, 0.25) is 0 Å². The van der Waals surface area contributed by atoms with Crippen LogP contribution in [0.15, 0.2) is 53.0 Å². The number of amides is 1. The van der Waals surface area contributed by atoms with Crippen LogP contribution in [0.3, 0.4) is 0 Å². The Hall–Kier alpha value is -1.81. The summed E-state index contributed by atoms with van der Waals surface area (Å²) in [6, 6.07) is 14.7. The number of benzene rings is 2. The monoisotopic (exact) mass is 318 g/mol. The summed E-state index contributed by atoms with van der Waals surface area (Å²) < 4.78 is 0.882. The van der Waals surface area contributed by atoms with Gasteiger partial charge in [-0.25, -0.2) is 0 Å². The van der Waals surface area contributed by atoms with Crippen molar-refractivity contribution in [2.45, 2.75) is 13.0 Å². The van der Waals surface area contributed by atoms with Crippen molar-refractivity contribution in [2.75, 3.05) is 5.73 Å². The summed E-state index contributed by atoms with van der Waals surface area (Å²) >= 11 is 3.35. The van der Waals surface area contributed by atoms with Gasteiger partial charge in [0.05, 0.1) is 6.04 Å². The zero-order valence-electron chi connectivity index (χ0n) is 10.6. The van der Waals surface area contributed by atoms with Gasteiger partial charge in [0.2, 0.25) is 0 Å². The summed E-state index contributed by atoms with van der Waals surface area (Å²) in [6.45, 7) is 1.92. The highest BCUT2D eigenvalue weighted by atomic mass is 79.9. The minimum absolute atomic E-state index is 0.114. The van der Waals surface area contributed by atoms with Crippen molar-refractivity contribution < 1.29 is 4.79 Å². The molecular weight excluding hydrogens is 304 g/mol. The Labute approximate surface area is 121 Å². The molecule has 2 rings (SSSR count). The Bertz CT molecular complexity index is 598. The number of carbonyl (C=O) groups excluding carboxylic acids is 1. The molecule has 19 heavy (non-hydrogen) atoms. The fourth-order valence-corrected chi connectivity index (χ4v) is 2.29. The minimum atomic E-state index is -0.132. The summed E-state index contributed by atoms with van der Waals surface area (Å²) in [5.41, 5.74) is 8.13. The van der Waals surface area contributed by atoms with Crippen LogP contribution in [0.1, 0.15) is 28.9 Å². The predicted octanol–water partition coefficient (Wildman–Crippen LogP) is 3.52. The molecule has 1 atom stereocenters. The molecule has 0 radical (unpaired) electrons. The molecule has 0 aliphatic carbocycles. The molecule has 2 aromatic rings.